The zero-order valence-electron chi connectivity index (χ0n) is 17.9. The van der Waals surface area contributed by atoms with E-state index in [2.05, 4.69) is 15.3 Å². The summed E-state index contributed by atoms with van der Waals surface area (Å²) < 4.78 is 11.4. The maximum atomic E-state index is 12.2. The van der Waals surface area contributed by atoms with Crippen molar-refractivity contribution < 1.29 is 14.3 Å². The Kier molecular flexibility index (Phi) is 6.77. The number of ether oxygens (including phenoxy) is 2. The number of aromatic nitrogens is 2. The van der Waals surface area contributed by atoms with Gasteiger partial charge in [-0.15, -0.1) is 0 Å². The van der Waals surface area contributed by atoms with Crippen molar-refractivity contribution in [3.05, 3.63) is 24.3 Å². The Morgan fingerprint density at radius 2 is 1.83 bits per heavy atom. The van der Waals surface area contributed by atoms with Gasteiger partial charge in [0.05, 0.1) is 17.6 Å². The lowest BCUT2D eigenvalue weighted by molar-refractivity contribution is 0.0179. The number of amides is 1. The fourth-order valence-corrected chi connectivity index (χ4v) is 3.52. The van der Waals surface area contributed by atoms with E-state index in [4.69, 9.17) is 9.47 Å². The molecular formula is C22H32N4O3. The van der Waals surface area contributed by atoms with Crippen molar-refractivity contribution in [2.75, 3.05) is 32.1 Å². The molecule has 7 nitrogen and oxygen atoms in total. The number of fused-ring (bicyclic) bond motifs is 1. The summed E-state index contributed by atoms with van der Waals surface area (Å²) in [7, 11) is 1.82. The number of nitrogens with one attached hydrogen (secondary N) is 1. The minimum Gasteiger partial charge on any atom is -0.475 e. The third-order valence-corrected chi connectivity index (χ3v) is 5.04. The molecule has 158 valence electrons. The van der Waals surface area contributed by atoms with Crippen LogP contribution in [-0.2, 0) is 4.74 Å². The number of benzene rings is 1. The second-order valence-electron chi connectivity index (χ2n) is 8.52. The van der Waals surface area contributed by atoms with Crippen LogP contribution in [-0.4, -0.2) is 53.3 Å². The molecule has 2 aromatic rings. The van der Waals surface area contributed by atoms with Crippen LogP contribution in [0.1, 0.15) is 46.5 Å². The highest BCUT2D eigenvalue weighted by Crippen LogP contribution is 2.25. The molecule has 0 spiro atoms. The maximum absolute atomic E-state index is 12.2. The second-order valence-corrected chi connectivity index (χ2v) is 8.52. The van der Waals surface area contributed by atoms with E-state index in [1.165, 1.54) is 0 Å². The third-order valence-electron chi connectivity index (χ3n) is 5.04. The largest absolute Gasteiger partial charge is 0.475 e. The van der Waals surface area contributed by atoms with Gasteiger partial charge in [-0.1, -0.05) is 12.1 Å². The number of hydrogen-bond donors (Lipinski definition) is 1. The first-order valence-corrected chi connectivity index (χ1v) is 10.4. The smallest absolute Gasteiger partial charge is 0.410 e. The average Bonchev–Trinajstić information content (AvgIpc) is 2.69. The minimum atomic E-state index is -0.441. The van der Waals surface area contributed by atoms with Crippen molar-refractivity contribution >= 4 is 22.9 Å². The molecule has 1 aromatic heterocycles. The Morgan fingerprint density at radius 3 is 2.45 bits per heavy atom. The molecule has 2 heterocycles. The van der Waals surface area contributed by atoms with Gasteiger partial charge in [0.15, 0.2) is 5.82 Å². The molecule has 0 atom stereocenters. The number of carbonyl (C=O) groups excluding carboxylic acids is 1. The van der Waals surface area contributed by atoms with E-state index in [1.54, 1.807) is 0 Å². The van der Waals surface area contributed by atoms with Crippen LogP contribution in [0.15, 0.2) is 24.3 Å². The Bertz CT molecular complexity index is 826. The molecule has 1 aliphatic rings. The highest BCUT2D eigenvalue weighted by atomic mass is 16.6. The van der Waals surface area contributed by atoms with Gasteiger partial charge in [-0.05, 0) is 64.5 Å². The number of likely N-dealkylation sites (tertiary alicyclic amines) is 1. The third kappa shape index (κ3) is 5.95. The van der Waals surface area contributed by atoms with Gasteiger partial charge in [-0.25, -0.2) is 14.8 Å². The van der Waals surface area contributed by atoms with Crippen molar-refractivity contribution in [1.82, 2.24) is 14.9 Å². The summed E-state index contributed by atoms with van der Waals surface area (Å²) in [5.74, 6) is 1.82. The predicted molar refractivity (Wildman–Crippen MR) is 114 cm³/mol. The second kappa shape index (κ2) is 9.29. The summed E-state index contributed by atoms with van der Waals surface area (Å²) in [6, 6.07) is 7.78. The van der Waals surface area contributed by atoms with Crippen LogP contribution in [0.3, 0.4) is 0 Å². The van der Waals surface area contributed by atoms with Gasteiger partial charge < -0.3 is 19.7 Å². The van der Waals surface area contributed by atoms with E-state index >= 15 is 0 Å². The zero-order chi connectivity index (χ0) is 20.9. The standard InChI is InChI=1S/C22H32N4O3/c1-22(2,3)29-21(27)26-13-11-16(12-14-26)8-7-15-28-20-19(23-4)24-17-9-5-6-10-18(17)25-20/h5-6,9-10,16H,7-8,11-15H2,1-4H3,(H,23,24). The first kappa shape index (κ1) is 21.1. The van der Waals surface area contributed by atoms with Crippen LogP contribution in [0.5, 0.6) is 5.88 Å². The Balaban J connectivity index is 1.43. The van der Waals surface area contributed by atoms with Crippen molar-refractivity contribution in [3.63, 3.8) is 0 Å². The lowest BCUT2D eigenvalue weighted by atomic mass is 9.92. The van der Waals surface area contributed by atoms with Gasteiger partial charge in [0, 0.05) is 20.1 Å². The van der Waals surface area contributed by atoms with Crippen LogP contribution in [0, 0.1) is 5.92 Å². The molecule has 1 saturated heterocycles. The lowest BCUT2D eigenvalue weighted by Gasteiger charge is -2.33. The first-order chi connectivity index (χ1) is 13.9. The lowest BCUT2D eigenvalue weighted by Crippen LogP contribution is -2.41. The Morgan fingerprint density at radius 1 is 1.17 bits per heavy atom. The first-order valence-electron chi connectivity index (χ1n) is 10.4. The van der Waals surface area contributed by atoms with Crippen molar-refractivity contribution in [2.24, 2.45) is 5.92 Å². The predicted octanol–water partition coefficient (Wildman–Crippen LogP) is 4.48. The fourth-order valence-electron chi connectivity index (χ4n) is 3.52. The van der Waals surface area contributed by atoms with Crippen molar-refractivity contribution in [3.8, 4) is 5.88 Å². The highest BCUT2D eigenvalue weighted by molar-refractivity contribution is 5.77. The monoisotopic (exact) mass is 400 g/mol. The molecule has 1 amide bonds. The van der Waals surface area contributed by atoms with Gasteiger partial charge >= 0.3 is 6.09 Å². The molecular weight excluding hydrogens is 368 g/mol. The van der Waals surface area contributed by atoms with Crippen LogP contribution >= 0.6 is 0 Å². The molecule has 7 heteroatoms. The molecule has 1 aromatic carbocycles. The van der Waals surface area contributed by atoms with E-state index < -0.39 is 5.60 Å². The van der Waals surface area contributed by atoms with E-state index in [-0.39, 0.29) is 6.09 Å². The molecule has 1 fully saturated rings. The van der Waals surface area contributed by atoms with Gasteiger partial charge in [-0.3, -0.25) is 0 Å². The zero-order valence-corrected chi connectivity index (χ0v) is 17.9. The Labute approximate surface area is 172 Å². The van der Waals surface area contributed by atoms with Crippen molar-refractivity contribution in [2.45, 2.75) is 52.1 Å². The van der Waals surface area contributed by atoms with Crippen LogP contribution in [0.2, 0.25) is 0 Å². The van der Waals surface area contributed by atoms with E-state index in [9.17, 15) is 4.79 Å². The summed E-state index contributed by atoms with van der Waals surface area (Å²) >= 11 is 0. The molecule has 0 aliphatic carbocycles. The quantitative estimate of drug-likeness (QED) is 0.721. The summed E-state index contributed by atoms with van der Waals surface area (Å²) in [6.07, 6.45) is 3.86. The van der Waals surface area contributed by atoms with Crippen molar-refractivity contribution in [1.29, 1.82) is 0 Å². The average molecular weight is 401 g/mol. The fraction of sp³-hybridized carbons (Fsp3) is 0.591. The van der Waals surface area contributed by atoms with Gasteiger partial charge in [-0.2, -0.15) is 0 Å². The number of para-hydroxylation sites is 2. The number of piperidine rings is 1. The molecule has 0 saturated carbocycles. The summed E-state index contributed by atoms with van der Waals surface area (Å²) in [6.45, 7) is 7.83. The molecule has 0 radical (unpaired) electrons. The van der Waals surface area contributed by atoms with Crippen LogP contribution < -0.4 is 10.1 Å². The number of nitrogens with zero attached hydrogens (tertiary/aromatic N) is 3. The minimum absolute atomic E-state index is 0.200. The van der Waals surface area contributed by atoms with E-state index in [0.29, 0.717) is 24.2 Å². The molecule has 1 aliphatic heterocycles. The topological polar surface area (TPSA) is 76.6 Å². The van der Waals surface area contributed by atoms with Gasteiger partial charge in [0.2, 0.25) is 0 Å². The van der Waals surface area contributed by atoms with Crippen LogP contribution in [0.25, 0.3) is 11.0 Å². The molecule has 1 N–H and O–H groups in total. The number of rotatable bonds is 6. The van der Waals surface area contributed by atoms with Gasteiger partial charge in [0.25, 0.3) is 5.88 Å². The molecule has 0 unspecified atom stereocenters. The summed E-state index contributed by atoms with van der Waals surface area (Å²) in [5, 5.41) is 3.06. The molecule has 0 bridgehead atoms. The van der Waals surface area contributed by atoms with Crippen LogP contribution in [0.4, 0.5) is 10.6 Å². The molecule has 3 rings (SSSR count). The summed E-state index contributed by atoms with van der Waals surface area (Å²) in [4.78, 5) is 23.1. The SMILES string of the molecule is CNc1nc2ccccc2nc1OCCCC1CCN(C(=O)OC(C)(C)C)CC1. The number of carbonyl (C=O) groups is 1. The van der Waals surface area contributed by atoms with E-state index in [0.717, 1.165) is 49.8 Å². The number of hydrogen-bond acceptors (Lipinski definition) is 6. The maximum Gasteiger partial charge on any atom is 0.410 e. The summed E-state index contributed by atoms with van der Waals surface area (Å²) in [5.41, 5.74) is 1.24. The van der Waals surface area contributed by atoms with E-state index in [1.807, 2.05) is 57.0 Å². The normalized spacial score (nSPS) is 15.4. The van der Waals surface area contributed by atoms with Gasteiger partial charge in [0.1, 0.15) is 5.60 Å². The Hall–Kier alpha value is -2.57. The highest BCUT2D eigenvalue weighted by Gasteiger charge is 2.26. The number of anilines is 1. The molecule has 29 heavy (non-hydrogen) atoms.